The van der Waals surface area contributed by atoms with Gasteiger partial charge < -0.3 is 19.7 Å². The number of nitrogens with zero attached hydrogens (tertiary/aromatic N) is 3. The number of piperidine rings is 1. The van der Waals surface area contributed by atoms with Crippen molar-refractivity contribution in [2.45, 2.75) is 35.5 Å². The van der Waals surface area contributed by atoms with E-state index in [1.165, 1.54) is 11.3 Å². The van der Waals surface area contributed by atoms with Crippen molar-refractivity contribution in [1.82, 2.24) is 14.9 Å². The average Bonchev–Trinajstić information content (AvgIpc) is 3.40. The molecule has 2 aromatic heterocycles. The van der Waals surface area contributed by atoms with E-state index in [0.29, 0.717) is 28.3 Å². The minimum Gasteiger partial charge on any atom is -0.497 e. The van der Waals surface area contributed by atoms with Gasteiger partial charge in [-0.2, -0.15) is 0 Å². The highest BCUT2D eigenvalue weighted by molar-refractivity contribution is 7.99. The summed E-state index contributed by atoms with van der Waals surface area (Å²) in [4.78, 5) is 25.0. The Morgan fingerprint density at radius 2 is 1.92 bits per heavy atom. The fourth-order valence-corrected chi connectivity index (χ4v) is 6.05. The van der Waals surface area contributed by atoms with E-state index in [2.05, 4.69) is 15.7 Å². The Labute approximate surface area is 235 Å². The Balaban J connectivity index is 1.37. The van der Waals surface area contributed by atoms with Crippen LogP contribution in [0.15, 0.2) is 76.0 Å². The number of carbonyl (C=O) groups excluding carboxylic acids is 1. The van der Waals surface area contributed by atoms with Gasteiger partial charge in [0.2, 0.25) is 5.91 Å². The van der Waals surface area contributed by atoms with Crippen molar-refractivity contribution in [1.29, 1.82) is 0 Å². The Hall–Kier alpha value is -3.27. The molecule has 3 heterocycles. The molecule has 196 valence electrons. The molecule has 0 saturated carbocycles. The monoisotopic (exact) mass is 566 g/mol. The molecule has 0 bridgehead atoms. The third-order valence-electron chi connectivity index (χ3n) is 6.27. The van der Waals surface area contributed by atoms with Crippen LogP contribution in [0.4, 0.5) is 10.9 Å². The van der Waals surface area contributed by atoms with Crippen LogP contribution in [-0.4, -0.2) is 41.0 Å². The second-order valence-corrected chi connectivity index (χ2v) is 11.2. The standard InChI is InChI=1S/C28H27ClN4O3S2/c1-18(34)33-12-10-19(11-13-33)24-17-37-28(31-24)32-27-26(36-25-9-4-3-8-23(25)29)15-22(16-30-27)38-21-7-5-6-20(14-21)35-2/h3-9,14-17,19H,10-13H2,1-2H3,(H,30,31,32). The lowest BCUT2D eigenvalue weighted by Gasteiger charge is -2.30. The first-order chi connectivity index (χ1) is 18.5. The van der Waals surface area contributed by atoms with Crippen molar-refractivity contribution in [3.05, 3.63) is 76.9 Å². The molecule has 0 unspecified atom stereocenters. The van der Waals surface area contributed by atoms with E-state index in [1.54, 1.807) is 38.1 Å². The van der Waals surface area contributed by atoms with Gasteiger partial charge in [0.15, 0.2) is 16.7 Å². The maximum absolute atomic E-state index is 11.7. The summed E-state index contributed by atoms with van der Waals surface area (Å²) in [6, 6.07) is 17.1. The number of hydrogen-bond donors (Lipinski definition) is 1. The van der Waals surface area contributed by atoms with Gasteiger partial charge in [-0.1, -0.05) is 41.6 Å². The molecule has 7 nitrogen and oxygen atoms in total. The summed E-state index contributed by atoms with van der Waals surface area (Å²) < 4.78 is 11.6. The van der Waals surface area contributed by atoms with E-state index in [1.807, 2.05) is 53.4 Å². The largest absolute Gasteiger partial charge is 0.497 e. The van der Waals surface area contributed by atoms with E-state index in [-0.39, 0.29) is 5.91 Å². The van der Waals surface area contributed by atoms with Gasteiger partial charge in [0, 0.05) is 53.4 Å². The van der Waals surface area contributed by atoms with Crippen molar-refractivity contribution in [2.24, 2.45) is 0 Å². The second kappa shape index (κ2) is 12.1. The van der Waals surface area contributed by atoms with Crippen LogP contribution in [0.1, 0.15) is 31.4 Å². The number of rotatable bonds is 8. The molecule has 0 spiro atoms. The fourth-order valence-electron chi connectivity index (χ4n) is 4.22. The number of halogens is 1. The fraction of sp³-hybridized carbons (Fsp3) is 0.250. The molecule has 1 amide bonds. The van der Waals surface area contributed by atoms with E-state index in [9.17, 15) is 4.79 Å². The topological polar surface area (TPSA) is 76.6 Å². The molecular formula is C28H27ClN4O3S2. The highest BCUT2D eigenvalue weighted by Crippen LogP contribution is 2.39. The Morgan fingerprint density at radius 1 is 1.11 bits per heavy atom. The Bertz CT molecular complexity index is 1420. The van der Waals surface area contributed by atoms with Gasteiger partial charge >= 0.3 is 0 Å². The molecule has 1 fully saturated rings. The molecule has 38 heavy (non-hydrogen) atoms. The van der Waals surface area contributed by atoms with Crippen LogP contribution in [0.5, 0.6) is 17.2 Å². The SMILES string of the molecule is COc1cccc(Sc2cnc(Nc3nc(C4CCN(C(C)=O)CC4)cs3)c(Oc3ccccc3Cl)c2)c1. The first-order valence-electron chi connectivity index (χ1n) is 12.2. The maximum atomic E-state index is 11.7. The predicted molar refractivity (Wildman–Crippen MR) is 153 cm³/mol. The van der Waals surface area contributed by atoms with E-state index < -0.39 is 0 Å². The van der Waals surface area contributed by atoms with Gasteiger partial charge in [-0.3, -0.25) is 4.79 Å². The summed E-state index contributed by atoms with van der Waals surface area (Å²) in [5, 5.41) is 6.67. The summed E-state index contributed by atoms with van der Waals surface area (Å²) in [5.41, 5.74) is 1.04. The molecule has 10 heteroatoms. The number of ether oxygens (including phenoxy) is 2. The van der Waals surface area contributed by atoms with Crippen molar-refractivity contribution < 1.29 is 14.3 Å². The lowest BCUT2D eigenvalue weighted by molar-refractivity contribution is -0.129. The molecule has 1 N–H and O–H groups in total. The molecule has 0 aliphatic carbocycles. The van der Waals surface area contributed by atoms with Gasteiger partial charge in [0.05, 0.1) is 17.8 Å². The van der Waals surface area contributed by atoms with Crippen molar-refractivity contribution in [3.8, 4) is 17.2 Å². The third-order valence-corrected chi connectivity index (χ3v) is 8.30. The van der Waals surface area contributed by atoms with Crippen LogP contribution in [-0.2, 0) is 4.79 Å². The second-order valence-electron chi connectivity index (χ2n) is 8.81. The van der Waals surface area contributed by atoms with Crippen LogP contribution in [0.25, 0.3) is 0 Å². The van der Waals surface area contributed by atoms with Gasteiger partial charge in [0.1, 0.15) is 11.5 Å². The molecular weight excluding hydrogens is 540 g/mol. The number of benzene rings is 2. The summed E-state index contributed by atoms with van der Waals surface area (Å²) >= 11 is 9.48. The quantitative estimate of drug-likeness (QED) is 0.235. The van der Waals surface area contributed by atoms with Gasteiger partial charge in [-0.05, 0) is 43.2 Å². The number of amides is 1. The summed E-state index contributed by atoms with van der Waals surface area (Å²) in [6.45, 7) is 3.16. The van der Waals surface area contributed by atoms with E-state index in [4.69, 9.17) is 26.1 Å². The van der Waals surface area contributed by atoms with Gasteiger partial charge in [0.25, 0.3) is 0 Å². The maximum Gasteiger partial charge on any atom is 0.219 e. The van der Waals surface area contributed by atoms with Crippen LogP contribution in [0.2, 0.25) is 5.02 Å². The smallest absolute Gasteiger partial charge is 0.219 e. The number of nitrogens with one attached hydrogen (secondary N) is 1. The zero-order valence-corrected chi connectivity index (χ0v) is 23.4. The lowest BCUT2D eigenvalue weighted by Crippen LogP contribution is -2.36. The molecule has 0 atom stereocenters. The van der Waals surface area contributed by atoms with Gasteiger partial charge in [-0.25, -0.2) is 9.97 Å². The Kier molecular flexibility index (Phi) is 8.36. The molecule has 0 radical (unpaired) electrons. The number of aromatic nitrogens is 2. The van der Waals surface area contributed by atoms with E-state index in [0.717, 1.165) is 52.3 Å². The molecule has 2 aromatic carbocycles. The number of methoxy groups -OCH3 is 1. The van der Waals surface area contributed by atoms with E-state index >= 15 is 0 Å². The minimum absolute atomic E-state index is 0.134. The zero-order chi connectivity index (χ0) is 26.5. The number of likely N-dealkylation sites (tertiary alicyclic amines) is 1. The van der Waals surface area contributed by atoms with Gasteiger partial charge in [-0.15, -0.1) is 11.3 Å². The highest BCUT2D eigenvalue weighted by Gasteiger charge is 2.24. The number of para-hydroxylation sites is 1. The lowest BCUT2D eigenvalue weighted by atomic mass is 9.94. The summed E-state index contributed by atoms with van der Waals surface area (Å²) in [7, 11) is 1.65. The highest BCUT2D eigenvalue weighted by atomic mass is 35.5. The minimum atomic E-state index is 0.134. The Morgan fingerprint density at radius 3 is 2.68 bits per heavy atom. The van der Waals surface area contributed by atoms with Crippen LogP contribution < -0.4 is 14.8 Å². The number of hydrogen-bond acceptors (Lipinski definition) is 8. The normalized spacial score (nSPS) is 13.8. The number of thiazole rings is 1. The molecule has 1 aliphatic rings. The van der Waals surface area contributed by atoms with Crippen molar-refractivity contribution >= 4 is 51.6 Å². The first-order valence-corrected chi connectivity index (χ1v) is 14.3. The zero-order valence-electron chi connectivity index (χ0n) is 21.0. The molecule has 1 aliphatic heterocycles. The molecule has 4 aromatic rings. The number of pyridine rings is 1. The molecule has 1 saturated heterocycles. The van der Waals surface area contributed by atoms with Crippen molar-refractivity contribution in [3.63, 3.8) is 0 Å². The predicted octanol–water partition coefficient (Wildman–Crippen LogP) is 7.61. The molecule has 5 rings (SSSR count). The van der Waals surface area contributed by atoms with Crippen LogP contribution in [0, 0.1) is 0 Å². The van der Waals surface area contributed by atoms with Crippen LogP contribution in [0.3, 0.4) is 0 Å². The summed E-state index contributed by atoms with van der Waals surface area (Å²) in [5.74, 6) is 2.89. The summed E-state index contributed by atoms with van der Waals surface area (Å²) in [6.07, 6.45) is 3.63. The number of anilines is 2. The average molecular weight is 567 g/mol. The van der Waals surface area contributed by atoms with Crippen LogP contribution >= 0.6 is 34.7 Å². The number of carbonyl (C=O) groups is 1. The first kappa shape index (κ1) is 26.3. The third kappa shape index (κ3) is 6.40. The van der Waals surface area contributed by atoms with Crippen molar-refractivity contribution in [2.75, 3.05) is 25.5 Å².